The van der Waals surface area contributed by atoms with Gasteiger partial charge in [-0.25, -0.2) is 8.42 Å². The molecule has 1 aliphatic heterocycles. The molecule has 9 heteroatoms. The number of hydrogen-bond acceptors (Lipinski definition) is 4. The zero-order valence-corrected chi connectivity index (χ0v) is 14.6. The van der Waals surface area contributed by atoms with E-state index < -0.39 is 33.1 Å². The molecule has 0 aromatic heterocycles. The van der Waals surface area contributed by atoms with Gasteiger partial charge in [0.05, 0.1) is 0 Å². The van der Waals surface area contributed by atoms with Crippen LogP contribution < -0.4 is 10.6 Å². The smallest absolute Gasteiger partial charge is 0.325 e. The highest BCUT2D eigenvalue weighted by Gasteiger charge is 2.48. The summed E-state index contributed by atoms with van der Waals surface area (Å²) in [5.41, 5.74) is 0.859. The van der Waals surface area contributed by atoms with E-state index in [2.05, 4.69) is 10.6 Å². The molecule has 2 rings (SSSR count). The van der Waals surface area contributed by atoms with Crippen molar-refractivity contribution in [3.05, 3.63) is 29.8 Å². The summed E-state index contributed by atoms with van der Waals surface area (Å²) >= 11 is 0. The standard InChI is InChI=1S/C16H21F3N2O3S/c1-25(23,24)15(8-10-20-11-9-15)14(22)21-13-4-2-12(3-5-13)6-7-16(17,18)19/h2-5,20H,6-11H2,1H3,(H,21,22). The lowest BCUT2D eigenvalue weighted by molar-refractivity contribution is -0.134. The molecule has 0 aliphatic carbocycles. The van der Waals surface area contributed by atoms with E-state index in [1.165, 1.54) is 24.3 Å². The Hall–Kier alpha value is -1.61. The Kier molecular flexibility index (Phi) is 5.78. The van der Waals surface area contributed by atoms with Crippen molar-refractivity contribution in [2.75, 3.05) is 24.7 Å². The van der Waals surface area contributed by atoms with Gasteiger partial charge in [0.15, 0.2) is 14.6 Å². The van der Waals surface area contributed by atoms with Crippen molar-refractivity contribution in [1.29, 1.82) is 0 Å². The predicted octanol–water partition coefficient (Wildman–Crippen LogP) is 2.29. The molecule has 140 valence electrons. The molecule has 0 saturated carbocycles. The molecule has 2 N–H and O–H groups in total. The fraction of sp³-hybridized carbons (Fsp3) is 0.562. The maximum atomic E-state index is 12.6. The van der Waals surface area contributed by atoms with Crippen LogP contribution in [0.5, 0.6) is 0 Å². The third-order valence-corrected chi connectivity index (χ3v) is 6.46. The van der Waals surface area contributed by atoms with Crippen LogP contribution in [-0.2, 0) is 21.1 Å². The van der Waals surface area contributed by atoms with Crippen LogP contribution in [0.2, 0.25) is 0 Å². The molecule has 0 atom stereocenters. The van der Waals surface area contributed by atoms with E-state index >= 15 is 0 Å². The van der Waals surface area contributed by atoms with Crippen molar-refractivity contribution in [3.8, 4) is 0 Å². The first kappa shape index (κ1) is 19.7. The molecule has 1 aromatic rings. The summed E-state index contributed by atoms with van der Waals surface area (Å²) in [5, 5.41) is 5.62. The third-order valence-electron chi connectivity index (χ3n) is 4.44. The zero-order valence-electron chi connectivity index (χ0n) is 13.8. The van der Waals surface area contributed by atoms with E-state index in [0.29, 0.717) is 24.3 Å². The average Bonchev–Trinajstić information content (AvgIpc) is 2.53. The highest BCUT2D eigenvalue weighted by atomic mass is 32.2. The summed E-state index contributed by atoms with van der Waals surface area (Å²) in [6.07, 6.45) is -3.86. The Morgan fingerprint density at radius 3 is 2.24 bits per heavy atom. The highest BCUT2D eigenvalue weighted by Crippen LogP contribution is 2.29. The molecule has 1 saturated heterocycles. The van der Waals surface area contributed by atoms with E-state index in [1.54, 1.807) is 0 Å². The van der Waals surface area contributed by atoms with Crippen molar-refractivity contribution in [3.63, 3.8) is 0 Å². The van der Waals surface area contributed by atoms with Gasteiger partial charge in [0, 0.05) is 18.4 Å². The molecular formula is C16H21F3N2O3S. The third kappa shape index (κ3) is 4.94. The summed E-state index contributed by atoms with van der Waals surface area (Å²) in [7, 11) is -3.62. The molecule has 1 heterocycles. The van der Waals surface area contributed by atoms with Crippen molar-refractivity contribution < 1.29 is 26.4 Å². The molecule has 0 bridgehead atoms. The van der Waals surface area contributed by atoms with Crippen molar-refractivity contribution >= 4 is 21.4 Å². The lowest BCUT2D eigenvalue weighted by atomic mass is 9.95. The lowest BCUT2D eigenvalue weighted by Gasteiger charge is -2.34. The van der Waals surface area contributed by atoms with Crippen LogP contribution in [0.3, 0.4) is 0 Å². The van der Waals surface area contributed by atoms with Crippen molar-refractivity contribution in [2.45, 2.75) is 36.6 Å². The number of halogens is 3. The van der Waals surface area contributed by atoms with Gasteiger partial charge in [0.25, 0.3) is 0 Å². The van der Waals surface area contributed by atoms with Crippen molar-refractivity contribution in [1.82, 2.24) is 5.32 Å². The van der Waals surface area contributed by atoms with E-state index in [-0.39, 0.29) is 19.3 Å². The van der Waals surface area contributed by atoms with Gasteiger partial charge in [-0.1, -0.05) is 12.1 Å². The van der Waals surface area contributed by atoms with E-state index in [0.717, 1.165) is 6.26 Å². The highest BCUT2D eigenvalue weighted by molar-refractivity contribution is 7.92. The minimum atomic E-state index is -4.22. The number of anilines is 1. The molecule has 0 spiro atoms. The first-order valence-electron chi connectivity index (χ1n) is 7.91. The van der Waals surface area contributed by atoms with Crippen LogP contribution in [0, 0.1) is 0 Å². The maximum Gasteiger partial charge on any atom is 0.389 e. The summed E-state index contributed by atoms with van der Waals surface area (Å²) in [6.45, 7) is 0.855. The molecule has 1 aromatic carbocycles. The Morgan fingerprint density at radius 2 is 1.76 bits per heavy atom. The van der Waals surface area contributed by atoms with Gasteiger partial charge in [0.1, 0.15) is 0 Å². The van der Waals surface area contributed by atoms with Crippen molar-refractivity contribution in [2.24, 2.45) is 0 Å². The Balaban J connectivity index is 2.09. The van der Waals surface area contributed by atoms with Crippen LogP contribution in [-0.4, -0.2) is 44.6 Å². The fourth-order valence-electron chi connectivity index (χ4n) is 2.88. The topological polar surface area (TPSA) is 75.3 Å². The summed E-state index contributed by atoms with van der Waals surface area (Å²) < 4.78 is 59.6. The zero-order chi connectivity index (χ0) is 18.7. The molecule has 1 fully saturated rings. The number of rotatable bonds is 5. The Bertz CT molecular complexity index is 709. The second-order valence-corrected chi connectivity index (χ2v) is 8.61. The van der Waals surface area contributed by atoms with Gasteiger partial charge in [0.2, 0.25) is 5.91 Å². The number of piperidine rings is 1. The first-order valence-corrected chi connectivity index (χ1v) is 9.80. The lowest BCUT2D eigenvalue weighted by Crippen LogP contribution is -2.55. The van der Waals surface area contributed by atoms with Gasteiger partial charge in [-0.15, -0.1) is 0 Å². The molecular weight excluding hydrogens is 357 g/mol. The number of carbonyl (C=O) groups excluding carboxylic acids is 1. The summed E-state index contributed by atoms with van der Waals surface area (Å²) in [6, 6.07) is 5.97. The number of alkyl halides is 3. The average molecular weight is 378 g/mol. The van der Waals surface area contributed by atoms with Crippen LogP contribution >= 0.6 is 0 Å². The Morgan fingerprint density at radius 1 is 1.20 bits per heavy atom. The van der Waals surface area contributed by atoms with Crippen LogP contribution in [0.15, 0.2) is 24.3 Å². The normalized spacial score (nSPS) is 17.9. The molecule has 25 heavy (non-hydrogen) atoms. The minimum absolute atomic E-state index is 0.142. The number of benzene rings is 1. The molecule has 0 radical (unpaired) electrons. The first-order chi connectivity index (χ1) is 11.5. The molecule has 1 aliphatic rings. The number of amides is 1. The van der Waals surface area contributed by atoms with Gasteiger partial charge >= 0.3 is 6.18 Å². The quantitative estimate of drug-likeness (QED) is 0.824. The van der Waals surface area contributed by atoms with E-state index in [4.69, 9.17) is 0 Å². The van der Waals surface area contributed by atoms with Crippen LogP contribution in [0.4, 0.5) is 18.9 Å². The number of nitrogens with one attached hydrogen (secondary N) is 2. The number of hydrogen-bond donors (Lipinski definition) is 2. The molecule has 1 amide bonds. The fourth-order valence-corrected chi connectivity index (χ4v) is 4.22. The second-order valence-electron chi connectivity index (χ2n) is 6.28. The SMILES string of the molecule is CS(=O)(=O)C1(C(=O)Nc2ccc(CCC(F)(F)F)cc2)CCNCC1. The van der Waals surface area contributed by atoms with Gasteiger partial charge in [-0.3, -0.25) is 4.79 Å². The maximum absolute atomic E-state index is 12.6. The number of carbonyl (C=O) groups is 1. The number of aryl methyl sites for hydroxylation is 1. The second kappa shape index (κ2) is 7.33. The number of sulfone groups is 1. The van der Waals surface area contributed by atoms with Crippen LogP contribution in [0.1, 0.15) is 24.8 Å². The monoisotopic (exact) mass is 378 g/mol. The molecule has 5 nitrogen and oxygen atoms in total. The summed E-state index contributed by atoms with van der Waals surface area (Å²) in [4.78, 5) is 12.6. The van der Waals surface area contributed by atoms with Gasteiger partial charge in [-0.2, -0.15) is 13.2 Å². The predicted molar refractivity (Wildman–Crippen MR) is 89.1 cm³/mol. The van der Waals surface area contributed by atoms with Gasteiger partial charge < -0.3 is 10.6 Å². The largest absolute Gasteiger partial charge is 0.389 e. The minimum Gasteiger partial charge on any atom is -0.325 e. The molecule has 0 unspecified atom stereocenters. The van der Waals surface area contributed by atoms with Gasteiger partial charge in [-0.05, 0) is 50.0 Å². The Labute approximate surface area is 144 Å². The van der Waals surface area contributed by atoms with E-state index in [9.17, 15) is 26.4 Å². The van der Waals surface area contributed by atoms with E-state index in [1.807, 2.05) is 0 Å². The van der Waals surface area contributed by atoms with Crippen LogP contribution in [0.25, 0.3) is 0 Å². The summed E-state index contributed by atoms with van der Waals surface area (Å²) in [5.74, 6) is -0.598.